The summed E-state index contributed by atoms with van der Waals surface area (Å²) in [7, 11) is 2.13. The minimum absolute atomic E-state index is 0.171. The van der Waals surface area contributed by atoms with E-state index in [4.69, 9.17) is 0 Å². The van der Waals surface area contributed by atoms with Crippen LogP contribution in [-0.4, -0.2) is 54.0 Å². The Morgan fingerprint density at radius 1 is 1.13 bits per heavy atom. The molecule has 1 saturated heterocycles. The van der Waals surface area contributed by atoms with Crippen LogP contribution in [0.25, 0.3) is 0 Å². The predicted molar refractivity (Wildman–Crippen MR) is 90.9 cm³/mol. The fourth-order valence-corrected chi connectivity index (χ4v) is 2.57. The number of carbonyl (C=O) groups excluding carboxylic acids is 1. The number of hydrogen-bond acceptors (Lipinski definition) is 5. The summed E-state index contributed by atoms with van der Waals surface area (Å²) >= 11 is 0. The number of carbonyl (C=O) groups is 1. The van der Waals surface area contributed by atoms with Gasteiger partial charge in [0.2, 0.25) is 0 Å². The molecule has 0 aliphatic carbocycles. The molecular weight excluding hydrogens is 290 g/mol. The summed E-state index contributed by atoms with van der Waals surface area (Å²) in [5.41, 5.74) is 2.20. The molecule has 2 aromatic heterocycles. The third-order valence-electron chi connectivity index (χ3n) is 3.97. The predicted octanol–water partition coefficient (Wildman–Crippen LogP) is 1.79. The van der Waals surface area contributed by atoms with Crippen molar-refractivity contribution < 1.29 is 4.79 Å². The standard InChI is InChI=1S/C17H21N5O/c1-13-9-14(11-18-10-13)17(23)20-15-3-4-16(19-12-15)22-7-5-21(2)6-8-22/h3-4,9-12H,5-8H2,1-2H3,(H,20,23). The Bertz CT molecular complexity index is 678. The van der Waals surface area contributed by atoms with Crippen LogP contribution < -0.4 is 10.2 Å². The first-order valence-corrected chi connectivity index (χ1v) is 7.74. The van der Waals surface area contributed by atoms with Gasteiger partial charge in [0.1, 0.15) is 5.82 Å². The van der Waals surface area contributed by atoms with Crippen LogP contribution in [0.15, 0.2) is 36.8 Å². The van der Waals surface area contributed by atoms with E-state index in [1.165, 1.54) is 0 Å². The number of nitrogens with one attached hydrogen (secondary N) is 1. The molecule has 23 heavy (non-hydrogen) atoms. The van der Waals surface area contributed by atoms with Gasteiger partial charge in [0.05, 0.1) is 17.4 Å². The quantitative estimate of drug-likeness (QED) is 0.936. The molecule has 2 aromatic rings. The molecule has 0 unspecified atom stereocenters. The Labute approximate surface area is 136 Å². The first kappa shape index (κ1) is 15.4. The minimum atomic E-state index is -0.171. The number of pyridine rings is 2. The molecule has 3 heterocycles. The molecule has 0 atom stereocenters. The fourth-order valence-electron chi connectivity index (χ4n) is 2.57. The number of hydrogen-bond donors (Lipinski definition) is 1. The molecule has 3 rings (SSSR count). The number of amides is 1. The summed E-state index contributed by atoms with van der Waals surface area (Å²) in [6.45, 7) is 5.95. The van der Waals surface area contributed by atoms with Gasteiger partial charge < -0.3 is 15.1 Å². The normalized spacial score (nSPS) is 15.5. The van der Waals surface area contributed by atoms with Crippen LogP contribution in [0.4, 0.5) is 11.5 Å². The number of aryl methyl sites for hydroxylation is 1. The van der Waals surface area contributed by atoms with Crippen LogP contribution in [-0.2, 0) is 0 Å². The lowest BCUT2D eigenvalue weighted by atomic mass is 10.2. The molecular formula is C17H21N5O. The maximum atomic E-state index is 12.2. The van der Waals surface area contributed by atoms with E-state index in [9.17, 15) is 4.79 Å². The molecule has 1 aliphatic heterocycles. The highest BCUT2D eigenvalue weighted by Crippen LogP contribution is 2.16. The topological polar surface area (TPSA) is 61.4 Å². The van der Waals surface area contributed by atoms with Gasteiger partial charge in [-0.25, -0.2) is 4.98 Å². The number of rotatable bonds is 3. The molecule has 1 N–H and O–H groups in total. The Kier molecular flexibility index (Phi) is 4.52. The van der Waals surface area contributed by atoms with Crippen molar-refractivity contribution in [3.8, 4) is 0 Å². The summed E-state index contributed by atoms with van der Waals surface area (Å²) in [5, 5.41) is 2.85. The van der Waals surface area contributed by atoms with E-state index >= 15 is 0 Å². The SMILES string of the molecule is Cc1cncc(C(=O)Nc2ccc(N3CCN(C)CC3)nc2)c1. The first-order chi connectivity index (χ1) is 11.1. The third-order valence-corrected chi connectivity index (χ3v) is 3.97. The van der Waals surface area contributed by atoms with Crippen LogP contribution >= 0.6 is 0 Å². The van der Waals surface area contributed by atoms with Crippen LogP contribution in [0.3, 0.4) is 0 Å². The fraction of sp³-hybridized carbons (Fsp3) is 0.353. The van der Waals surface area contributed by atoms with Crippen molar-refractivity contribution in [2.75, 3.05) is 43.4 Å². The Balaban J connectivity index is 1.64. The van der Waals surface area contributed by atoms with E-state index in [1.54, 1.807) is 18.6 Å². The largest absolute Gasteiger partial charge is 0.354 e. The number of anilines is 2. The van der Waals surface area contributed by atoms with Gasteiger partial charge in [0.25, 0.3) is 5.91 Å². The van der Waals surface area contributed by atoms with Crippen molar-refractivity contribution in [2.24, 2.45) is 0 Å². The van der Waals surface area contributed by atoms with E-state index < -0.39 is 0 Å². The summed E-state index contributed by atoms with van der Waals surface area (Å²) < 4.78 is 0. The Morgan fingerprint density at radius 3 is 2.57 bits per heavy atom. The second kappa shape index (κ2) is 6.75. The van der Waals surface area contributed by atoms with Crippen molar-refractivity contribution in [3.63, 3.8) is 0 Å². The summed E-state index contributed by atoms with van der Waals surface area (Å²) in [4.78, 5) is 25.3. The lowest BCUT2D eigenvalue weighted by Crippen LogP contribution is -2.44. The molecule has 1 fully saturated rings. The zero-order valence-corrected chi connectivity index (χ0v) is 13.5. The van der Waals surface area contributed by atoms with E-state index in [1.807, 2.05) is 25.1 Å². The van der Waals surface area contributed by atoms with Crippen molar-refractivity contribution in [3.05, 3.63) is 47.9 Å². The average Bonchev–Trinajstić information content (AvgIpc) is 2.56. The van der Waals surface area contributed by atoms with Gasteiger partial charge >= 0.3 is 0 Å². The Morgan fingerprint density at radius 2 is 1.91 bits per heavy atom. The van der Waals surface area contributed by atoms with Crippen molar-refractivity contribution in [1.29, 1.82) is 0 Å². The molecule has 1 amide bonds. The van der Waals surface area contributed by atoms with Gasteiger partial charge in [-0.2, -0.15) is 0 Å². The number of likely N-dealkylation sites (N-methyl/N-ethyl adjacent to an activating group) is 1. The first-order valence-electron chi connectivity index (χ1n) is 7.74. The smallest absolute Gasteiger partial charge is 0.257 e. The van der Waals surface area contributed by atoms with E-state index in [0.29, 0.717) is 11.3 Å². The monoisotopic (exact) mass is 311 g/mol. The van der Waals surface area contributed by atoms with Crippen molar-refractivity contribution in [2.45, 2.75) is 6.92 Å². The van der Waals surface area contributed by atoms with Crippen LogP contribution in [0.5, 0.6) is 0 Å². The van der Waals surface area contributed by atoms with E-state index in [2.05, 4.69) is 32.1 Å². The van der Waals surface area contributed by atoms with E-state index in [-0.39, 0.29) is 5.91 Å². The van der Waals surface area contributed by atoms with Gasteiger partial charge in [0.15, 0.2) is 0 Å². The molecule has 1 aliphatic rings. The molecule has 0 bridgehead atoms. The van der Waals surface area contributed by atoms with E-state index in [0.717, 1.165) is 37.6 Å². The highest BCUT2D eigenvalue weighted by molar-refractivity contribution is 6.04. The average molecular weight is 311 g/mol. The zero-order chi connectivity index (χ0) is 16.2. The van der Waals surface area contributed by atoms with Crippen LogP contribution in [0.1, 0.15) is 15.9 Å². The number of nitrogens with zero attached hydrogens (tertiary/aromatic N) is 4. The van der Waals surface area contributed by atoms with Crippen LogP contribution in [0, 0.1) is 6.92 Å². The van der Waals surface area contributed by atoms with Crippen molar-refractivity contribution in [1.82, 2.24) is 14.9 Å². The van der Waals surface area contributed by atoms with Crippen LogP contribution in [0.2, 0.25) is 0 Å². The van der Waals surface area contributed by atoms with Crippen molar-refractivity contribution >= 4 is 17.4 Å². The second-order valence-corrected chi connectivity index (χ2v) is 5.90. The Hall–Kier alpha value is -2.47. The highest BCUT2D eigenvalue weighted by atomic mass is 16.1. The molecule has 120 valence electrons. The molecule has 6 nitrogen and oxygen atoms in total. The summed E-state index contributed by atoms with van der Waals surface area (Å²) in [6.07, 6.45) is 4.99. The molecule has 0 saturated carbocycles. The number of piperazine rings is 1. The maximum Gasteiger partial charge on any atom is 0.257 e. The molecule has 0 aromatic carbocycles. The maximum absolute atomic E-state index is 12.2. The lowest BCUT2D eigenvalue weighted by Gasteiger charge is -2.33. The van der Waals surface area contributed by atoms with Gasteiger partial charge in [-0.1, -0.05) is 0 Å². The summed E-state index contributed by atoms with van der Waals surface area (Å²) in [6, 6.07) is 5.66. The highest BCUT2D eigenvalue weighted by Gasteiger charge is 2.15. The minimum Gasteiger partial charge on any atom is -0.354 e. The number of aromatic nitrogens is 2. The lowest BCUT2D eigenvalue weighted by molar-refractivity contribution is 0.102. The zero-order valence-electron chi connectivity index (χ0n) is 13.5. The molecule has 6 heteroatoms. The van der Waals surface area contributed by atoms with Gasteiger partial charge in [-0.3, -0.25) is 9.78 Å². The molecule has 0 spiro atoms. The van der Waals surface area contributed by atoms with Gasteiger partial charge in [-0.15, -0.1) is 0 Å². The van der Waals surface area contributed by atoms with Gasteiger partial charge in [-0.05, 0) is 37.7 Å². The third kappa shape index (κ3) is 3.84. The summed E-state index contributed by atoms with van der Waals surface area (Å²) in [5.74, 6) is 0.781. The molecule has 0 radical (unpaired) electrons. The van der Waals surface area contributed by atoms with Gasteiger partial charge in [0, 0.05) is 38.6 Å². The second-order valence-electron chi connectivity index (χ2n) is 5.90.